The molecule has 0 radical (unpaired) electrons. The summed E-state index contributed by atoms with van der Waals surface area (Å²) in [6.45, 7) is 0.0389. The Kier molecular flexibility index (Phi) is 6.99. The lowest BCUT2D eigenvalue weighted by atomic mass is 10.0. The second kappa shape index (κ2) is 9.43. The van der Waals surface area contributed by atoms with Crippen molar-refractivity contribution >= 4 is 12.1 Å². The van der Waals surface area contributed by atoms with E-state index in [1.165, 1.54) is 7.11 Å². The van der Waals surface area contributed by atoms with Gasteiger partial charge in [-0.2, -0.15) is 0 Å². The SMILES string of the molecule is COc1ccccc1CC(NC(=O)OCc1ccccc1)C(O)C(=O)O. The minimum atomic E-state index is -1.79. The van der Waals surface area contributed by atoms with E-state index in [0.29, 0.717) is 11.3 Å². The standard InChI is InChI=1S/C19H21NO6/c1-25-16-10-6-5-9-14(16)11-15(17(21)18(22)23)20-19(24)26-12-13-7-3-2-4-8-13/h2-10,15,17,21H,11-12H2,1H3,(H,20,24)(H,22,23). The first-order chi connectivity index (χ1) is 12.5. The number of aliphatic hydroxyl groups is 1. The van der Waals surface area contributed by atoms with Gasteiger partial charge in [-0.1, -0.05) is 48.5 Å². The fraction of sp³-hybridized carbons (Fsp3) is 0.263. The lowest BCUT2D eigenvalue weighted by Gasteiger charge is -2.22. The van der Waals surface area contributed by atoms with Gasteiger partial charge in [-0.3, -0.25) is 0 Å². The monoisotopic (exact) mass is 359 g/mol. The zero-order valence-corrected chi connectivity index (χ0v) is 14.3. The molecule has 0 aliphatic heterocycles. The van der Waals surface area contributed by atoms with E-state index in [4.69, 9.17) is 14.6 Å². The average Bonchev–Trinajstić information content (AvgIpc) is 2.66. The zero-order valence-electron chi connectivity index (χ0n) is 14.3. The molecule has 1 amide bonds. The number of aliphatic hydroxyl groups excluding tert-OH is 1. The van der Waals surface area contributed by atoms with Crippen LogP contribution in [0.2, 0.25) is 0 Å². The number of para-hydroxylation sites is 1. The number of aliphatic carboxylic acids is 1. The fourth-order valence-electron chi connectivity index (χ4n) is 2.44. The largest absolute Gasteiger partial charge is 0.496 e. The smallest absolute Gasteiger partial charge is 0.407 e. The van der Waals surface area contributed by atoms with Gasteiger partial charge < -0.3 is 25.0 Å². The fourth-order valence-corrected chi connectivity index (χ4v) is 2.44. The molecule has 7 heteroatoms. The van der Waals surface area contributed by atoms with Crippen LogP contribution in [0, 0.1) is 0 Å². The number of nitrogens with one attached hydrogen (secondary N) is 1. The van der Waals surface area contributed by atoms with E-state index in [2.05, 4.69) is 5.32 Å². The first-order valence-electron chi connectivity index (χ1n) is 8.01. The number of ether oxygens (including phenoxy) is 2. The molecule has 26 heavy (non-hydrogen) atoms. The lowest BCUT2D eigenvalue weighted by Crippen LogP contribution is -2.48. The van der Waals surface area contributed by atoms with Crippen molar-refractivity contribution in [3.05, 3.63) is 65.7 Å². The van der Waals surface area contributed by atoms with E-state index < -0.39 is 24.2 Å². The van der Waals surface area contributed by atoms with Gasteiger partial charge in [-0.15, -0.1) is 0 Å². The van der Waals surface area contributed by atoms with Gasteiger partial charge in [0, 0.05) is 0 Å². The summed E-state index contributed by atoms with van der Waals surface area (Å²) in [6, 6.07) is 15.0. The van der Waals surface area contributed by atoms with Crippen molar-refractivity contribution in [2.75, 3.05) is 7.11 Å². The van der Waals surface area contributed by atoms with Crippen molar-refractivity contribution in [2.24, 2.45) is 0 Å². The van der Waals surface area contributed by atoms with Crippen LogP contribution < -0.4 is 10.1 Å². The molecule has 3 N–H and O–H groups in total. The second-order valence-electron chi connectivity index (χ2n) is 5.61. The van der Waals surface area contributed by atoms with Crippen LogP contribution in [0.1, 0.15) is 11.1 Å². The quantitative estimate of drug-likeness (QED) is 0.666. The topological polar surface area (TPSA) is 105 Å². The van der Waals surface area contributed by atoms with E-state index in [1.807, 2.05) is 18.2 Å². The van der Waals surface area contributed by atoms with Crippen LogP contribution in [-0.2, 0) is 22.6 Å². The molecule has 2 atom stereocenters. The van der Waals surface area contributed by atoms with Crippen molar-refractivity contribution < 1.29 is 29.3 Å². The normalized spacial score (nSPS) is 12.7. The Morgan fingerprint density at radius 2 is 1.73 bits per heavy atom. The Hall–Kier alpha value is -3.06. The number of amides is 1. The summed E-state index contributed by atoms with van der Waals surface area (Å²) >= 11 is 0. The van der Waals surface area contributed by atoms with Crippen LogP contribution in [0.5, 0.6) is 5.75 Å². The Morgan fingerprint density at radius 1 is 1.08 bits per heavy atom. The number of hydrogen-bond acceptors (Lipinski definition) is 5. The zero-order chi connectivity index (χ0) is 18.9. The van der Waals surface area contributed by atoms with Crippen molar-refractivity contribution in [3.63, 3.8) is 0 Å². The minimum Gasteiger partial charge on any atom is -0.496 e. The van der Waals surface area contributed by atoms with Gasteiger partial charge in [0.1, 0.15) is 12.4 Å². The summed E-state index contributed by atoms with van der Waals surface area (Å²) in [5.41, 5.74) is 1.45. The third kappa shape index (κ3) is 5.49. The van der Waals surface area contributed by atoms with Crippen molar-refractivity contribution in [3.8, 4) is 5.75 Å². The molecule has 2 aromatic carbocycles. The molecule has 2 unspecified atom stereocenters. The van der Waals surface area contributed by atoms with E-state index in [1.54, 1.807) is 36.4 Å². The molecular weight excluding hydrogens is 338 g/mol. The van der Waals surface area contributed by atoms with Gasteiger partial charge in [0.15, 0.2) is 6.10 Å². The van der Waals surface area contributed by atoms with Crippen LogP contribution in [0.15, 0.2) is 54.6 Å². The van der Waals surface area contributed by atoms with Crippen LogP contribution >= 0.6 is 0 Å². The van der Waals surface area contributed by atoms with Crippen LogP contribution in [0.25, 0.3) is 0 Å². The van der Waals surface area contributed by atoms with E-state index in [9.17, 15) is 14.7 Å². The molecule has 0 aliphatic carbocycles. The van der Waals surface area contributed by atoms with Gasteiger partial charge in [0.05, 0.1) is 13.2 Å². The van der Waals surface area contributed by atoms with Crippen molar-refractivity contribution in [1.29, 1.82) is 0 Å². The molecule has 0 fully saturated rings. The first-order valence-corrected chi connectivity index (χ1v) is 8.01. The summed E-state index contributed by atoms with van der Waals surface area (Å²) in [5, 5.41) is 21.5. The summed E-state index contributed by atoms with van der Waals surface area (Å²) < 4.78 is 10.3. The Balaban J connectivity index is 2.04. The second-order valence-corrected chi connectivity index (χ2v) is 5.61. The van der Waals surface area contributed by atoms with Crippen LogP contribution in [0.3, 0.4) is 0 Å². The van der Waals surface area contributed by atoms with Gasteiger partial charge in [0.25, 0.3) is 0 Å². The molecule has 0 heterocycles. The Bertz CT molecular complexity index is 734. The minimum absolute atomic E-state index is 0.0389. The number of carboxylic acids is 1. The molecule has 0 aromatic heterocycles. The maximum Gasteiger partial charge on any atom is 0.407 e. The number of alkyl carbamates (subject to hydrolysis) is 1. The summed E-state index contributed by atoms with van der Waals surface area (Å²) in [6.07, 6.45) is -2.53. The van der Waals surface area contributed by atoms with Crippen LogP contribution in [0.4, 0.5) is 4.79 Å². The average molecular weight is 359 g/mol. The third-order valence-electron chi connectivity index (χ3n) is 3.78. The van der Waals surface area contributed by atoms with Gasteiger partial charge in [-0.25, -0.2) is 9.59 Å². The van der Waals surface area contributed by atoms with E-state index in [-0.39, 0.29) is 13.0 Å². The molecule has 0 saturated heterocycles. The third-order valence-corrected chi connectivity index (χ3v) is 3.78. The summed E-state index contributed by atoms with van der Waals surface area (Å²) in [4.78, 5) is 23.2. The molecule has 0 aliphatic rings. The highest BCUT2D eigenvalue weighted by Crippen LogP contribution is 2.20. The number of carboxylic acid groups (broad SMARTS) is 1. The highest BCUT2D eigenvalue weighted by molar-refractivity contribution is 5.75. The van der Waals surface area contributed by atoms with Crippen molar-refractivity contribution in [2.45, 2.75) is 25.2 Å². The maximum atomic E-state index is 12.0. The first kappa shape index (κ1) is 19.3. The predicted octanol–water partition coefficient (Wildman–Crippen LogP) is 1.98. The predicted molar refractivity (Wildman–Crippen MR) is 93.9 cm³/mol. The molecule has 2 rings (SSSR count). The highest BCUT2D eigenvalue weighted by atomic mass is 16.5. The Morgan fingerprint density at radius 3 is 2.38 bits per heavy atom. The molecule has 0 saturated carbocycles. The molecule has 138 valence electrons. The number of hydrogen-bond donors (Lipinski definition) is 3. The number of carbonyl (C=O) groups excluding carboxylic acids is 1. The number of carbonyl (C=O) groups is 2. The molecule has 0 spiro atoms. The molecule has 2 aromatic rings. The van der Waals surface area contributed by atoms with Crippen molar-refractivity contribution in [1.82, 2.24) is 5.32 Å². The lowest BCUT2D eigenvalue weighted by molar-refractivity contribution is -0.148. The summed E-state index contributed by atoms with van der Waals surface area (Å²) in [5.74, 6) is -0.900. The van der Waals surface area contributed by atoms with Gasteiger partial charge in [0.2, 0.25) is 0 Å². The molecule has 7 nitrogen and oxygen atoms in total. The van der Waals surface area contributed by atoms with Gasteiger partial charge in [-0.05, 0) is 23.6 Å². The maximum absolute atomic E-state index is 12.0. The Labute approximate surface area is 151 Å². The number of benzene rings is 2. The molecular formula is C19H21NO6. The van der Waals surface area contributed by atoms with E-state index >= 15 is 0 Å². The van der Waals surface area contributed by atoms with E-state index in [0.717, 1.165) is 5.56 Å². The van der Waals surface area contributed by atoms with Crippen LogP contribution in [-0.4, -0.2) is 41.5 Å². The van der Waals surface area contributed by atoms with Gasteiger partial charge >= 0.3 is 12.1 Å². The number of methoxy groups -OCH3 is 1. The molecule has 0 bridgehead atoms. The highest BCUT2D eigenvalue weighted by Gasteiger charge is 2.29. The number of rotatable bonds is 8. The summed E-state index contributed by atoms with van der Waals surface area (Å²) in [7, 11) is 1.49.